The zero-order valence-electron chi connectivity index (χ0n) is 10.5. The summed E-state index contributed by atoms with van der Waals surface area (Å²) < 4.78 is 20.6. The molecule has 0 fully saturated rings. The smallest absolute Gasteiger partial charge is 0.488 e. The van der Waals surface area contributed by atoms with E-state index in [2.05, 4.69) is 4.98 Å². The average Bonchev–Trinajstić information content (AvgIpc) is 2.77. The van der Waals surface area contributed by atoms with Gasteiger partial charge < -0.3 is 19.4 Å². The van der Waals surface area contributed by atoms with Crippen LogP contribution in [-0.2, 0) is 13.5 Å². The van der Waals surface area contributed by atoms with Gasteiger partial charge in [0.15, 0.2) is 11.6 Å². The van der Waals surface area contributed by atoms with E-state index < -0.39 is 12.9 Å². The Morgan fingerprint density at radius 1 is 1.42 bits per heavy atom. The van der Waals surface area contributed by atoms with Crippen LogP contribution in [0.1, 0.15) is 5.82 Å². The molecule has 0 aliphatic carbocycles. The van der Waals surface area contributed by atoms with Crippen molar-refractivity contribution in [1.82, 2.24) is 9.55 Å². The molecule has 0 spiro atoms. The first-order valence-electron chi connectivity index (χ1n) is 5.82. The summed E-state index contributed by atoms with van der Waals surface area (Å²) in [6, 6.07) is 3.72. The van der Waals surface area contributed by atoms with E-state index >= 15 is 0 Å². The number of rotatable bonds is 5. The number of hydrogen-bond acceptors (Lipinski definition) is 4. The van der Waals surface area contributed by atoms with Crippen molar-refractivity contribution >= 4 is 12.6 Å². The molecule has 0 aliphatic heterocycles. The first-order chi connectivity index (χ1) is 9.08. The summed E-state index contributed by atoms with van der Waals surface area (Å²) in [6.45, 7) is 0.257. The average molecular weight is 264 g/mol. The highest BCUT2D eigenvalue weighted by Crippen LogP contribution is 2.15. The zero-order valence-corrected chi connectivity index (χ0v) is 10.5. The van der Waals surface area contributed by atoms with E-state index in [1.807, 2.05) is 17.8 Å². The Balaban J connectivity index is 1.99. The molecule has 0 saturated heterocycles. The number of hydrogen-bond donors (Lipinski definition) is 2. The van der Waals surface area contributed by atoms with Crippen LogP contribution in [0, 0.1) is 5.82 Å². The maximum Gasteiger partial charge on any atom is 0.488 e. The van der Waals surface area contributed by atoms with Crippen molar-refractivity contribution in [3.63, 3.8) is 0 Å². The SMILES string of the molecule is Cn1ccnc1CCOc1cc(B(O)O)ccc1F. The second-order valence-corrected chi connectivity index (χ2v) is 4.12. The quantitative estimate of drug-likeness (QED) is 0.738. The van der Waals surface area contributed by atoms with Gasteiger partial charge in [-0.05, 0) is 17.6 Å². The van der Waals surface area contributed by atoms with Gasteiger partial charge >= 0.3 is 7.12 Å². The van der Waals surface area contributed by atoms with Crippen molar-refractivity contribution in [1.29, 1.82) is 0 Å². The fraction of sp³-hybridized carbons (Fsp3) is 0.250. The molecule has 7 heteroatoms. The molecular weight excluding hydrogens is 250 g/mol. The van der Waals surface area contributed by atoms with Gasteiger partial charge in [-0.25, -0.2) is 9.37 Å². The van der Waals surface area contributed by atoms with Crippen LogP contribution in [0.25, 0.3) is 0 Å². The van der Waals surface area contributed by atoms with Crippen molar-refractivity contribution in [2.24, 2.45) is 7.05 Å². The van der Waals surface area contributed by atoms with Gasteiger partial charge in [0.25, 0.3) is 0 Å². The van der Waals surface area contributed by atoms with Crippen molar-refractivity contribution in [3.8, 4) is 5.75 Å². The molecule has 2 rings (SSSR count). The summed E-state index contributed by atoms with van der Waals surface area (Å²) >= 11 is 0. The minimum absolute atomic E-state index is 0.000177. The van der Waals surface area contributed by atoms with Gasteiger partial charge in [-0.3, -0.25) is 0 Å². The maximum absolute atomic E-state index is 13.5. The van der Waals surface area contributed by atoms with Gasteiger partial charge in [0.1, 0.15) is 5.82 Å². The Morgan fingerprint density at radius 2 is 2.21 bits per heavy atom. The predicted octanol–water partition coefficient (Wildman–Crippen LogP) is -0.140. The molecule has 1 heterocycles. The van der Waals surface area contributed by atoms with Crippen LogP contribution in [0.2, 0.25) is 0 Å². The molecule has 0 amide bonds. The van der Waals surface area contributed by atoms with Gasteiger partial charge in [0.05, 0.1) is 6.61 Å². The number of halogens is 1. The minimum atomic E-state index is -1.64. The summed E-state index contributed by atoms with van der Waals surface area (Å²) in [6.07, 6.45) is 4.03. The normalized spacial score (nSPS) is 10.5. The number of nitrogens with zero attached hydrogens (tertiary/aromatic N) is 2. The first-order valence-corrected chi connectivity index (χ1v) is 5.82. The monoisotopic (exact) mass is 264 g/mol. The zero-order chi connectivity index (χ0) is 13.8. The summed E-state index contributed by atoms with van der Waals surface area (Å²) in [5.41, 5.74) is 0.188. The van der Waals surface area contributed by atoms with E-state index in [-0.39, 0.29) is 17.8 Å². The molecular formula is C12H14BFN2O3. The standard InChI is InChI=1S/C12H14BFN2O3/c1-16-6-5-15-12(16)4-7-19-11-8-9(13(17)18)2-3-10(11)14/h2-3,5-6,8,17-18H,4,7H2,1H3. The van der Waals surface area contributed by atoms with Crippen molar-refractivity contribution in [2.75, 3.05) is 6.61 Å². The van der Waals surface area contributed by atoms with E-state index in [0.717, 1.165) is 11.9 Å². The second-order valence-electron chi connectivity index (χ2n) is 4.12. The van der Waals surface area contributed by atoms with Crippen molar-refractivity contribution < 1.29 is 19.2 Å². The lowest BCUT2D eigenvalue weighted by molar-refractivity contribution is 0.301. The molecule has 0 bridgehead atoms. The summed E-state index contributed by atoms with van der Waals surface area (Å²) in [5, 5.41) is 18.0. The third kappa shape index (κ3) is 3.33. The largest absolute Gasteiger partial charge is 0.490 e. The molecule has 0 aliphatic rings. The number of imidazole rings is 1. The first kappa shape index (κ1) is 13.6. The van der Waals surface area contributed by atoms with Crippen molar-refractivity contribution in [2.45, 2.75) is 6.42 Å². The molecule has 0 unspecified atom stereocenters. The molecule has 0 atom stereocenters. The molecule has 2 N–H and O–H groups in total. The van der Waals surface area contributed by atoms with E-state index in [0.29, 0.717) is 6.42 Å². The Labute approximate surface area is 110 Å². The predicted molar refractivity (Wildman–Crippen MR) is 68.6 cm³/mol. The number of aromatic nitrogens is 2. The highest BCUT2D eigenvalue weighted by atomic mass is 19.1. The molecule has 2 aromatic rings. The van der Waals surface area contributed by atoms with Crippen LogP contribution < -0.4 is 10.2 Å². The Hall–Kier alpha value is -1.86. The fourth-order valence-corrected chi connectivity index (χ4v) is 1.68. The molecule has 100 valence electrons. The Morgan fingerprint density at radius 3 is 2.84 bits per heavy atom. The Bertz CT molecular complexity index is 560. The highest BCUT2D eigenvalue weighted by Gasteiger charge is 2.14. The van der Waals surface area contributed by atoms with Gasteiger partial charge in [0.2, 0.25) is 0 Å². The summed E-state index contributed by atoms with van der Waals surface area (Å²) in [5.74, 6) is 0.294. The second kappa shape index (κ2) is 5.86. The van der Waals surface area contributed by atoms with Gasteiger partial charge in [-0.1, -0.05) is 6.07 Å². The molecule has 0 saturated carbocycles. The Kier molecular flexibility index (Phi) is 4.18. The topological polar surface area (TPSA) is 67.5 Å². The van der Waals surface area contributed by atoms with E-state index in [1.54, 1.807) is 6.20 Å². The van der Waals surface area contributed by atoms with Gasteiger partial charge in [0, 0.05) is 25.9 Å². The number of benzene rings is 1. The van der Waals surface area contributed by atoms with Crippen LogP contribution >= 0.6 is 0 Å². The van der Waals surface area contributed by atoms with Crippen LogP contribution in [0.15, 0.2) is 30.6 Å². The minimum Gasteiger partial charge on any atom is -0.490 e. The van der Waals surface area contributed by atoms with Crippen LogP contribution in [0.3, 0.4) is 0 Å². The number of ether oxygens (including phenoxy) is 1. The summed E-state index contributed by atoms with van der Waals surface area (Å²) in [4.78, 5) is 4.12. The lowest BCUT2D eigenvalue weighted by Crippen LogP contribution is -2.29. The molecule has 0 radical (unpaired) electrons. The molecule has 19 heavy (non-hydrogen) atoms. The van der Waals surface area contributed by atoms with E-state index in [9.17, 15) is 4.39 Å². The molecule has 1 aromatic heterocycles. The maximum atomic E-state index is 13.5. The van der Waals surface area contributed by atoms with Gasteiger partial charge in [-0.2, -0.15) is 0 Å². The van der Waals surface area contributed by atoms with E-state index in [1.165, 1.54) is 12.1 Å². The third-order valence-corrected chi connectivity index (χ3v) is 2.76. The highest BCUT2D eigenvalue weighted by molar-refractivity contribution is 6.58. The fourth-order valence-electron chi connectivity index (χ4n) is 1.68. The molecule has 5 nitrogen and oxygen atoms in total. The lowest BCUT2D eigenvalue weighted by atomic mass is 9.80. The number of aryl methyl sites for hydroxylation is 1. The summed E-state index contributed by atoms with van der Waals surface area (Å²) in [7, 11) is 0.226. The molecule has 1 aromatic carbocycles. The lowest BCUT2D eigenvalue weighted by Gasteiger charge is -2.09. The van der Waals surface area contributed by atoms with Crippen LogP contribution in [0.5, 0.6) is 5.75 Å². The van der Waals surface area contributed by atoms with Crippen molar-refractivity contribution in [3.05, 3.63) is 42.2 Å². The van der Waals surface area contributed by atoms with Crippen LogP contribution in [0.4, 0.5) is 4.39 Å². The van der Waals surface area contributed by atoms with Crippen LogP contribution in [-0.4, -0.2) is 33.3 Å². The van der Waals surface area contributed by atoms with E-state index in [4.69, 9.17) is 14.8 Å². The van der Waals surface area contributed by atoms with Gasteiger partial charge in [-0.15, -0.1) is 0 Å². The third-order valence-electron chi connectivity index (χ3n) is 2.76.